The zero-order chi connectivity index (χ0) is 24.2. The van der Waals surface area contributed by atoms with Crippen LogP contribution in [0.25, 0.3) is 0 Å². The lowest BCUT2D eigenvalue weighted by atomic mass is 9.94. The lowest BCUT2D eigenvalue weighted by molar-refractivity contribution is -0.117. The third-order valence-corrected chi connectivity index (χ3v) is 8.46. The van der Waals surface area contributed by atoms with Crippen LogP contribution in [0, 0.1) is 19.8 Å². The molecule has 2 N–H and O–H groups in total. The van der Waals surface area contributed by atoms with Gasteiger partial charge in [-0.25, -0.2) is 0 Å². The number of aryl methyl sites for hydroxylation is 2. The molecule has 0 radical (unpaired) electrons. The molecule has 2 aliphatic heterocycles. The molecule has 35 heavy (non-hydrogen) atoms. The molecule has 0 aromatic carbocycles. The second-order valence-electron chi connectivity index (χ2n) is 9.50. The minimum absolute atomic E-state index is 0.0248. The van der Waals surface area contributed by atoms with Crippen molar-refractivity contribution in [2.45, 2.75) is 52.1 Å². The number of rotatable bonds is 8. The maximum Gasteiger partial charge on any atom is 0.226 e. The molecule has 186 valence electrons. The van der Waals surface area contributed by atoms with Crippen molar-refractivity contribution >= 4 is 44.7 Å². The van der Waals surface area contributed by atoms with Gasteiger partial charge in [-0.3, -0.25) is 9.69 Å². The lowest BCUT2D eigenvalue weighted by Crippen LogP contribution is -2.36. The molecule has 0 aliphatic carbocycles. The minimum atomic E-state index is 0.0248. The molecule has 9 nitrogen and oxygen atoms in total. The van der Waals surface area contributed by atoms with Gasteiger partial charge in [0.05, 0.1) is 0 Å². The first-order valence-corrected chi connectivity index (χ1v) is 13.9. The van der Waals surface area contributed by atoms with Gasteiger partial charge in [0.1, 0.15) is 0 Å². The van der Waals surface area contributed by atoms with E-state index in [4.69, 9.17) is 0 Å². The number of aromatic nitrogens is 4. The largest absolute Gasteiger partial charge is 0.355 e. The normalized spacial score (nSPS) is 20.8. The fourth-order valence-corrected chi connectivity index (χ4v) is 6.71. The van der Waals surface area contributed by atoms with Crippen LogP contribution in [0.2, 0.25) is 0 Å². The van der Waals surface area contributed by atoms with Crippen molar-refractivity contribution in [3.63, 3.8) is 0 Å². The maximum absolute atomic E-state index is 12.7. The van der Waals surface area contributed by atoms with Gasteiger partial charge in [-0.05, 0) is 69.3 Å². The standard InChI is InChI=1S/C24H32N8OS2/c1-16-11-19(17(2)34-16)14-31-9-4-5-18(13-31)12-22(33)27-24-30-29-23(35-24)26-20-7-10-32(15-20)21-6-3-8-25-28-21/h3,6,8,11,18,20H,4-5,7,9-10,12-15H2,1-2H3,(H,26,29)(H,27,30,33)/t18-,20+/m0/s1. The Kier molecular flexibility index (Phi) is 7.54. The molecule has 2 fully saturated rings. The molecular weight excluding hydrogens is 480 g/mol. The number of hydrogen-bond donors (Lipinski definition) is 2. The number of amides is 1. The number of anilines is 3. The second kappa shape index (κ2) is 11.0. The number of piperidine rings is 1. The summed E-state index contributed by atoms with van der Waals surface area (Å²) >= 11 is 3.26. The number of nitrogens with one attached hydrogen (secondary N) is 2. The molecule has 1 amide bonds. The number of nitrogens with zero attached hydrogens (tertiary/aromatic N) is 6. The SMILES string of the molecule is Cc1cc(CN2CCC[C@@H](CC(=O)Nc3nnc(N[C@@H]4CCN(c5cccnn5)C4)s3)C2)c(C)s1. The third kappa shape index (κ3) is 6.33. The van der Waals surface area contributed by atoms with Crippen molar-refractivity contribution in [3.8, 4) is 0 Å². The molecule has 0 bridgehead atoms. The number of carbonyl (C=O) groups excluding carboxylic acids is 1. The van der Waals surface area contributed by atoms with Crippen molar-refractivity contribution in [3.05, 3.63) is 39.7 Å². The Balaban J connectivity index is 1.08. The average molecular weight is 513 g/mol. The van der Waals surface area contributed by atoms with E-state index in [0.29, 0.717) is 17.5 Å². The first-order chi connectivity index (χ1) is 17.0. The summed E-state index contributed by atoms with van der Waals surface area (Å²) in [5.74, 6) is 1.29. The first-order valence-electron chi connectivity index (χ1n) is 12.2. The van der Waals surface area contributed by atoms with Crippen molar-refractivity contribution in [1.82, 2.24) is 25.3 Å². The first kappa shape index (κ1) is 24.1. The van der Waals surface area contributed by atoms with E-state index in [1.807, 2.05) is 23.5 Å². The minimum Gasteiger partial charge on any atom is -0.355 e. The highest BCUT2D eigenvalue weighted by molar-refractivity contribution is 7.19. The van der Waals surface area contributed by atoms with Gasteiger partial charge in [0.2, 0.25) is 16.2 Å². The fraction of sp³-hybridized carbons (Fsp3) is 0.542. The van der Waals surface area contributed by atoms with E-state index in [-0.39, 0.29) is 11.9 Å². The fourth-order valence-electron chi connectivity index (χ4n) is 5.03. The quantitative estimate of drug-likeness (QED) is 0.468. The molecule has 0 saturated carbocycles. The van der Waals surface area contributed by atoms with Crippen molar-refractivity contribution in [2.75, 3.05) is 41.7 Å². The number of likely N-dealkylation sites (tertiary alicyclic amines) is 1. The highest BCUT2D eigenvalue weighted by atomic mass is 32.1. The maximum atomic E-state index is 12.7. The Hall–Kier alpha value is -2.63. The molecule has 11 heteroatoms. The summed E-state index contributed by atoms with van der Waals surface area (Å²) < 4.78 is 0. The van der Waals surface area contributed by atoms with Gasteiger partial charge in [0.15, 0.2) is 5.82 Å². The lowest BCUT2D eigenvalue weighted by Gasteiger charge is -2.32. The smallest absolute Gasteiger partial charge is 0.226 e. The Morgan fingerprint density at radius 2 is 2.00 bits per heavy atom. The van der Waals surface area contributed by atoms with Gasteiger partial charge in [-0.2, -0.15) is 5.10 Å². The summed E-state index contributed by atoms with van der Waals surface area (Å²) in [6, 6.07) is 6.44. The number of hydrogen-bond acceptors (Lipinski definition) is 10. The summed E-state index contributed by atoms with van der Waals surface area (Å²) in [5.41, 5.74) is 1.42. The van der Waals surface area contributed by atoms with Crippen LogP contribution in [0.15, 0.2) is 24.4 Å². The van der Waals surface area contributed by atoms with Crippen LogP contribution in [-0.2, 0) is 11.3 Å². The average Bonchev–Trinajstić information content (AvgIpc) is 3.56. The van der Waals surface area contributed by atoms with Crippen LogP contribution in [0.3, 0.4) is 0 Å². The van der Waals surface area contributed by atoms with Crippen LogP contribution in [0.4, 0.5) is 16.1 Å². The van der Waals surface area contributed by atoms with E-state index in [2.05, 4.69) is 60.7 Å². The van der Waals surface area contributed by atoms with E-state index >= 15 is 0 Å². The molecule has 5 rings (SSSR count). The zero-order valence-electron chi connectivity index (χ0n) is 20.2. The predicted octanol–water partition coefficient (Wildman–Crippen LogP) is 3.94. The van der Waals surface area contributed by atoms with E-state index in [0.717, 1.165) is 62.9 Å². The zero-order valence-corrected chi connectivity index (χ0v) is 21.9. The summed E-state index contributed by atoms with van der Waals surface area (Å²) in [6.45, 7) is 9.18. The molecule has 0 unspecified atom stereocenters. The summed E-state index contributed by atoms with van der Waals surface area (Å²) in [4.78, 5) is 20.2. The highest BCUT2D eigenvalue weighted by Gasteiger charge is 2.26. The van der Waals surface area contributed by atoms with Crippen LogP contribution in [0.5, 0.6) is 0 Å². The summed E-state index contributed by atoms with van der Waals surface area (Å²) in [7, 11) is 0. The van der Waals surface area contributed by atoms with Crippen molar-refractivity contribution < 1.29 is 4.79 Å². The van der Waals surface area contributed by atoms with Crippen molar-refractivity contribution in [2.24, 2.45) is 5.92 Å². The summed E-state index contributed by atoms with van der Waals surface area (Å²) in [6.07, 6.45) is 5.43. The molecule has 3 aromatic heterocycles. The molecule has 2 aliphatic rings. The molecule has 3 aromatic rings. The van der Waals surface area contributed by atoms with Crippen LogP contribution < -0.4 is 15.5 Å². The molecular formula is C24H32N8OS2. The Morgan fingerprint density at radius 1 is 1.11 bits per heavy atom. The van der Waals surface area contributed by atoms with Gasteiger partial charge in [-0.1, -0.05) is 11.3 Å². The summed E-state index contributed by atoms with van der Waals surface area (Å²) in [5, 5.41) is 24.3. The Labute approximate surface area is 214 Å². The molecule has 2 atom stereocenters. The second-order valence-corrected chi connectivity index (χ2v) is 11.9. The van der Waals surface area contributed by atoms with E-state index in [1.54, 1.807) is 6.20 Å². The molecule has 0 spiro atoms. The molecule has 5 heterocycles. The van der Waals surface area contributed by atoms with Crippen LogP contribution in [-0.4, -0.2) is 63.4 Å². The van der Waals surface area contributed by atoms with Gasteiger partial charge in [-0.15, -0.1) is 26.6 Å². The van der Waals surface area contributed by atoms with E-state index < -0.39 is 0 Å². The van der Waals surface area contributed by atoms with Crippen molar-refractivity contribution in [1.29, 1.82) is 0 Å². The number of thiophene rings is 1. The van der Waals surface area contributed by atoms with Crippen LogP contribution in [0.1, 0.15) is 41.0 Å². The Bertz CT molecular complexity index is 1130. The Morgan fingerprint density at radius 3 is 2.80 bits per heavy atom. The van der Waals surface area contributed by atoms with Crippen LogP contribution >= 0.6 is 22.7 Å². The topological polar surface area (TPSA) is 99.2 Å². The highest BCUT2D eigenvalue weighted by Crippen LogP contribution is 2.27. The van der Waals surface area contributed by atoms with Gasteiger partial charge >= 0.3 is 0 Å². The van der Waals surface area contributed by atoms with Gasteiger partial charge in [0.25, 0.3) is 0 Å². The van der Waals surface area contributed by atoms with E-state index in [1.165, 1.54) is 26.7 Å². The predicted molar refractivity (Wildman–Crippen MR) is 141 cm³/mol. The molecule has 2 saturated heterocycles. The van der Waals surface area contributed by atoms with Gasteiger partial charge < -0.3 is 15.5 Å². The van der Waals surface area contributed by atoms with Gasteiger partial charge in [0, 0.05) is 54.6 Å². The third-order valence-electron chi connectivity index (χ3n) is 6.68. The monoisotopic (exact) mass is 512 g/mol. The van der Waals surface area contributed by atoms with E-state index in [9.17, 15) is 4.79 Å². The number of carbonyl (C=O) groups is 1.